The van der Waals surface area contributed by atoms with Crippen molar-refractivity contribution in [1.29, 1.82) is 0 Å². The third-order valence-corrected chi connectivity index (χ3v) is 2.87. The average molecular weight is 302 g/mol. The van der Waals surface area contributed by atoms with Crippen LogP contribution >= 0.6 is 0 Å². The maximum Gasteiger partial charge on any atom is 0.471 e. The average Bonchev–Trinajstić information content (AvgIpc) is 2.91. The van der Waals surface area contributed by atoms with Gasteiger partial charge in [0.05, 0.1) is 0 Å². The van der Waals surface area contributed by atoms with Crippen LogP contribution < -0.4 is 10.6 Å². The van der Waals surface area contributed by atoms with Crippen molar-refractivity contribution in [3.8, 4) is 0 Å². The van der Waals surface area contributed by atoms with E-state index in [9.17, 15) is 22.8 Å². The lowest BCUT2D eigenvalue weighted by Crippen LogP contribution is -2.30. The van der Waals surface area contributed by atoms with Crippen LogP contribution in [0.15, 0.2) is 24.3 Å². The Bertz CT molecular complexity index is 540. The van der Waals surface area contributed by atoms with E-state index in [1.807, 2.05) is 0 Å². The van der Waals surface area contributed by atoms with E-state index >= 15 is 0 Å². The quantitative estimate of drug-likeness (QED) is 0.900. The molecular formula is C13H13F3N2O3. The zero-order chi connectivity index (χ0) is 15.5. The Balaban J connectivity index is 2.00. The molecule has 1 aliphatic heterocycles. The molecule has 0 aromatic heterocycles. The van der Waals surface area contributed by atoms with Gasteiger partial charge in [-0.3, -0.25) is 9.59 Å². The number of ether oxygens (including phenoxy) is 1. The summed E-state index contributed by atoms with van der Waals surface area (Å²) in [4.78, 5) is 22.6. The summed E-state index contributed by atoms with van der Waals surface area (Å²) >= 11 is 0. The van der Waals surface area contributed by atoms with Crippen molar-refractivity contribution >= 4 is 23.2 Å². The van der Waals surface area contributed by atoms with Crippen molar-refractivity contribution < 1.29 is 27.5 Å². The second-order valence-electron chi connectivity index (χ2n) is 4.52. The molecule has 1 fully saturated rings. The Morgan fingerprint density at radius 2 is 1.86 bits per heavy atom. The van der Waals surface area contributed by atoms with Crippen LogP contribution in [0.3, 0.4) is 0 Å². The van der Waals surface area contributed by atoms with Gasteiger partial charge in [-0.1, -0.05) is 6.07 Å². The van der Waals surface area contributed by atoms with Gasteiger partial charge >= 0.3 is 12.1 Å². The van der Waals surface area contributed by atoms with Crippen LogP contribution in [-0.4, -0.2) is 30.7 Å². The van der Waals surface area contributed by atoms with E-state index in [1.165, 1.54) is 24.3 Å². The molecule has 0 radical (unpaired) electrons. The summed E-state index contributed by atoms with van der Waals surface area (Å²) in [6, 6.07) is 5.48. The molecule has 8 heteroatoms. The summed E-state index contributed by atoms with van der Waals surface area (Å²) in [7, 11) is 0. The van der Waals surface area contributed by atoms with Gasteiger partial charge in [-0.25, -0.2) is 0 Å². The van der Waals surface area contributed by atoms with Gasteiger partial charge in [-0.2, -0.15) is 13.2 Å². The number of halogens is 3. The minimum absolute atomic E-state index is 0.0533. The van der Waals surface area contributed by atoms with Gasteiger partial charge in [-0.05, 0) is 31.0 Å². The predicted octanol–water partition coefficient (Wildman–Crippen LogP) is 2.30. The zero-order valence-corrected chi connectivity index (χ0v) is 10.9. The van der Waals surface area contributed by atoms with E-state index in [0.717, 1.165) is 6.42 Å². The van der Waals surface area contributed by atoms with E-state index in [1.54, 1.807) is 5.32 Å². The molecule has 1 aromatic rings. The molecule has 1 atom stereocenters. The molecule has 0 saturated carbocycles. The first-order chi connectivity index (χ1) is 9.86. The lowest BCUT2D eigenvalue weighted by molar-refractivity contribution is -0.167. The Hall–Kier alpha value is -2.09. The summed E-state index contributed by atoms with van der Waals surface area (Å²) in [6.45, 7) is 0.514. The van der Waals surface area contributed by atoms with E-state index < -0.39 is 18.2 Å². The smallest absolute Gasteiger partial charge is 0.368 e. The number of carbonyl (C=O) groups is 2. The second kappa shape index (κ2) is 6.13. The van der Waals surface area contributed by atoms with Crippen LogP contribution in [0.5, 0.6) is 0 Å². The zero-order valence-electron chi connectivity index (χ0n) is 10.9. The highest BCUT2D eigenvalue weighted by molar-refractivity contribution is 5.97. The highest BCUT2D eigenvalue weighted by Crippen LogP contribution is 2.21. The Labute approximate surface area is 118 Å². The van der Waals surface area contributed by atoms with Gasteiger partial charge in [0.15, 0.2) is 0 Å². The number of amides is 2. The summed E-state index contributed by atoms with van der Waals surface area (Å²) in [5.41, 5.74) is 0.234. The van der Waals surface area contributed by atoms with Gasteiger partial charge < -0.3 is 15.4 Å². The molecule has 2 N–H and O–H groups in total. The first kappa shape index (κ1) is 15.3. The van der Waals surface area contributed by atoms with Gasteiger partial charge in [0.2, 0.25) is 0 Å². The molecule has 114 valence electrons. The highest BCUT2D eigenvalue weighted by atomic mass is 19.4. The van der Waals surface area contributed by atoms with Crippen molar-refractivity contribution in [2.24, 2.45) is 0 Å². The molecule has 1 unspecified atom stereocenters. The van der Waals surface area contributed by atoms with Crippen LogP contribution in [0.2, 0.25) is 0 Å². The number of hydrogen-bond acceptors (Lipinski definition) is 3. The largest absolute Gasteiger partial charge is 0.471 e. The number of hydrogen-bond donors (Lipinski definition) is 2. The normalized spacial score (nSPS) is 18.3. The summed E-state index contributed by atoms with van der Waals surface area (Å²) in [5, 5.41) is 4.26. The third-order valence-electron chi connectivity index (χ3n) is 2.87. The van der Waals surface area contributed by atoms with Gasteiger partial charge in [0, 0.05) is 18.0 Å². The molecular weight excluding hydrogens is 289 g/mol. The molecule has 1 aliphatic rings. The maximum absolute atomic E-state index is 12.2. The SMILES string of the molecule is O=C(Nc1cccc(NC(=O)C(F)(F)F)c1)C1CCCO1. The molecule has 2 rings (SSSR count). The minimum Gasteiger partial charge on any atom is -0.368 e. The molecule has 21 heavy (non-hydrogen) atoms. The maximum atomic E-state index is 12.2. The van der Waals surface area contributed by atoms with Crippen molar-refractivity contribution in [2.75, 3.05) is 17.2 Å². The van der Waals surface area contributed by atoms with Gasteiger partial charge in [0.25, 0.3) is 5.91 Å². The van der Waals surface area contributed by atoms with Gasteiger partial charge in [0.1, 0.15) is 6.10 Å². The van der Waals surface area contributed by atoms with Crippen molar-refractivity contribution in [3.05, 3.63) is 24.3 Å². The van der Waals surface area contributed by atoms with E-state index in [2.05, 4.69) is 5.32 Å². The minimum atomic E-state index is -4.96. The fourth-order valence-corrected chi connectivity index (χ4v) is 1.88. The number of anilines is 2. The molecule has 0 aliphatic carbocycles. The number of rotatable bonds is 3. The topological polar surface area (TPSA) is 67.4 Å². The van der Waals surface area contributed by atoms with E-state index in [4.69, 9.17) is 4.74 Å². The Morgan fingerprint density at radius 1 is 1.19 bits per heavy atom. The molecule has 0 bridgehead atoms. The number of carbonyl (C=O) groups excluding carboxylic acids is 2. The van der Waals surface area contributed by atoms with E-state index in [0.29, 0.717) is 13.0 Å². The molecule has 5 nitrogen and oxygen atoms in total. The van der Waals surface area contributed by atoms with Crippen LogP contribution in [0, 0.1) is 0 Å². The molecule has 1 saturated heterocycles. The number of alkyl halides is 3. The predicted molar refractivity (Wildman–Crippen MR) is 68.7 cm³/mol. The van der Waals surface area contributed by atoms with Crippen LogP contribution in [0.25, 0.3) is 0 Å². The fourth-order valence-electron chi connectivity index (χ4n) is 1.88. The summed E-state index contributed by atoms with van der Waals surface area (Å²) in [5.74, 6) is -2.42. The molecule has 2 amide bonds. The van der Waals surface area contributed by atoms with Crippen molar-refractivity contribution in [1.82, 2.24) is 0 Å². The van der Waals surface area contributed by atoms with Crippen molar-refractivity contribution in [3.63, 3.8) is 0 Å². The number of benzene rings is 1. The van der Waals surface area contributed by atoms with E-state index in [-0.39, 0.29) is 17.3 Å². The Kier molecular flexibility index (Phi) is 4.46. The standard InChI is InChI=1S/C13H13F3N2O3/c14-13(15,16)12(20)18-9-4-1-3-8(7-9)17-11(19)10-5-2-6-21-10/h1,3-4,7,10H,2,5-6H2,(H,17,19)(H,18,20). The third kappa shape index (κ3) is 4.19. The van der Waals surface area contributed by atoms with Crippen LogP contribution in [0.1, 0.15) is 12.8 Å². The number of nitrogens with one attached hydrogen (secondary N) is 2. The highest BCUT2D eigenvalue weighted by Gasteiger charge is 2.38. The van der Waals surface area contributed by atoms with Gasteiger partial charge in [-0.15, -0.1) is 0 Å². The lowest BCUT2D eigenvalue weighted by atomic mass is 10.2. The first-order valence-corrected chi connectivity index (χ1v) is 6.27. The van der Waals surface area contributed by atoms with Crippen LogP contribution in [-0.2, 0) is 14.3 Å². The van der Waals surface area contributed by atoms with Crippen molar-refractivity contribution in [2.45, 2.75) is 25.1 Å². The second-order valence-corrected chi connectivity index (χ2v) is 4.52. The molecule has 1 heterocycles. The molecule has 0 spiro atoms. The fraction of sp³-hybridized carbons (Fsp3) is 0.385. The lowest BCUT2D eigenvalue weighted by Gasteiger charge is -2.12. The molecule has 1 aromatic carbocycles. The summed E-state index contributed by atoms with van der Waals surface area (Å²) in [6.07, 6.45) is -4.11. The summed E-state index contributed by atoms with van der Waals surface area (Å²) < 4.78 is 41.7. The van der Waals surface area contributed by atoms with Crippen LogP contribution in [0.4, 0.5) is 24.5 Å². The Morgan fingerprint density at radius 3 is 2.43 bits per heavy atom. The monoisotopic (exact) mass is 302 g/mol. The first-order valence-electron chi connectivity index (χ1n) is 6.27.